The predicted molar refractivity (Wildman–Crippen MR) is 79.2 cm³/mol. The molecule has 0 bridgehead atoms. The van der Waals surface area contributed by atoms with Crippen molar-refractivity contribution in [1.82, 2.24) is 15.1 Å². The van der Waals surface area contributed by atoms with E-state index < -0.39 is 0 Å². The van der Waals surface area contributed by atoms with Crippen molar-refractivity contribution in [2.45, 2.75) is 39.3 Å². The molecular weight excluding hydrogens is 234 g/mol. The smallest absolute Gasteiger partial charge is 0.0659 e. The molecule has 1 N–H and O–H groups in total. The van der Waals surface area contributed by atoms with E-state index in [1.54, 1.807) is 0 Å². The zero-order valence-corrected chi connectivity index (χ0v) is 12.1. The average molecular weight is 257 g/mol. The second kappa shape index (κ2) is 6.53. The minimum Gasteiger partial charge on any atom is -0.313 e. The summed E-state index contributed by atoms with van der Waals surface area (Å²) < 4.78 is 2.01. The van der Waals surface area contributed by atoms with Crippen molar-refractivity contribution >= 4 is 0 Å². The van der Waals surface area contributed by atoms with Gasteiger partial charge in [0.05, 0.1) is 12.7 Å². The van der Waals surface area contributed by atoms with Crippen LogP contribution in [0.1, 0.15) is 43.0 Å². The maximum atomic E-state index is 4.45. The highest BCUT2D eigenvalue weighted by atomic mass is 15.3. The summed E-state index contributed by atoms with van der Waals surface area (Å²) in [5.74, 6) is 0. The van der Waals surface area contributed by atoms with Crippen molar-refractivity contribution in [3.63, 3.8) is 0 Å². The topological polar surface area (TPSA) is 29.9 Å². The van der Waals surface area contributed by atoms with Crippen molar-refractivity contribution in [3.8, 4) is 0 Å². The van der Waals surface area contributed by atoms with Gasteiger partial charge in [-0.3, -0.25) is 4.68 Å². The van der Waals surface area contributed by atoms with Gasteiger partial charge < -0.3 is 5.32 Å². The van der Waals surface area contributed by atoms with E-state index >= 15 is 0 Å². The van der Waals surface area contributed by atoms with E-state index in [1.807, 2.05) is 17.9 Å². The minimum absolute atomic E-state index is 0.399. The highest BCUT2D eigenvalue weighted by Crippen LogP contribution is 2.15. The molecule has 0 aliphatic carbocycles. The van der Waals surface area contributed by atoms with E-state index in [2.05, 4.69) is 54.7 Å². The van der Waals surface area contributed by atoms with Gasteiger partial charge in [0, 0.05) is 17.8 Å². The number of benzene rings is 1. The van der Waals surface area contributed by atoms with E-state index in [9.17, 15) is 0 Å². The monoisotopic (exact) mass is 257 g/mol. The number of aromatic nitrogens is 2. The zero-order valence-electron chi connectivity index (χ0n) is 12.1. The lowest BCUT2D eigenvalue weighted by Crippen LogP contribution is -2.14. The van der Waals surface area contributed by atoms with Crippen molar-refractivity contribution in [1.29, 1.82) is 0 Å². The van der Waals surface area contributed by atoms with Crippen LogP contribution >= 0.6 is 0 Å². The summed E-state index contributed by atoms with van der Waals surface area (Å²) in [7, 11) is 2.00. The fourth-order valence-electron chi connectivity index (χ4n) is 2.32. The Labute approximate surface area is 115 Å². The maximum Gasteiger partial charge on any atom is 0.0659 e. The summed E-state index contributed by atoms with van der Waals surface area (Å²) in [5.41, 5.74) is 3.94. The fourth-order valence-corrected chi connectivity index (χ4v) is 2.32. The van der Waals surface area contributed by atoms with Crippen LogP contribution in [0.25, 0.3) is 0 Å². The van der Waals surface area contributed by atoms with E-state index in [0.717, 1.165) is 19.4 Å². The minimum atomic E-state index is 0.399. The van der Waals surface area contributed by atoms with Crippen molar-refractivity contribution in [2.24, 2.45) is 0 Å². The zero-order chi connectivity index (χ0) is 13.7. The molecule has 1 heterocycles. The van der Waals surface area contributed by atoms with Gasteiger partial charge in [-0.1, -0.05) is 38.1 Å². The van der Waals surface area contributed by atoms with E-state index in [-0.39, 0.29) is 0 Å². The normalized spacial score (nSPS) is 12.6. The van der Waals surface area contributed by atoms with Gasteiger partial charge in [-0.2, -0.15) is 5.10 Å². The molecule has 1 aromatic heterocycles. The number of hydrogen-bond donors (Lipinski definition) is 1. The highest BCUT2D eigenvalue weighted by molar-refractivity contribution is 5.23. The molecule has 0 saturated carbocycles. The molecule has 2 aromatic rings. The first-order valence-corrected chi connectivity index (χ1v) is 7.04. The second-order valence-corrected chi connectivity index (χ2v) is 4.89. The molecule has 1 unspecified atom stereocenters. The van der Waals surface area contributed by atoms with Crippen LogP contribution in [0.2, 0.25) is 0 Å². The number of nitrogens with one attached hydrogen (secondary N) is 1. The first-order chi connectivity index (χ1) is 9.26. The summed E-state index contributed by atoms with van der Waals surface area (Å²) in [5, 5.41) is 7.75. The van der Waals surface area contributed by atoms with Gasteiger partial charge in [0.25, 0.3) is 0 Å². The Bertz CT molecular complexity index is 495. The number of rotatable bonds is 6. The van der Waals surface area contributed by atoms with E-state index in [0.29, 0.717) is 6.04 Å². The lowest BCUT2D eigenvalue weighted by molar-refractivity contribution is 0.575. The third-order valence-electron chi connectivity index (χ3n) is 3.59. The maximum absolute atomic E-state index is 4.45. The molecule has 1 atom stereocenters. The SMILES string of the molecule is CCc1ccc(Cn2cc(C(CC)NC)cn2)cc1. The molecule has 2 rings (SSSR count). The first kappa shape index (κ1) is 13.8. The lowest BCUT2D eigenvalue weighted by atomic mass is 10.1. The largest absolute Gasteiger partial charge is 0.313 e. The number of aryl methyl sites for hydroxylation is 1. The molecule has 0 aliphatic rings. The molecule has 3 nitrogen and oxygen atoms in total. The molecule has 0 fully saturated rings. The van der Waals surface area contributed by atoms with Crippen LogP contribution in [0.5, 0.6) is 0 Å². The predicted octanol–water partition coefficient (Wildman–Crippen LogP) is 3.16. The van der Waals surface area contributed by atoms with Crippen molar-refractivity contribution in [2.75, 3.05) is 7.05 Å². The van der Waals surface area contributed by atoms with Gasteiger partial charge in [0.15, 0.2) is 0 Å². The third-order valence-corrected chi connectivity index (χ3v) is 3.59. The standard InChI is InChI=1S/C16H23N3/c1-4-13-6-8-14(9-7-13)11-19-12-15(10-18-19)16(5-2)17-3/h6-10,12,16-17H,4-5,11H2,1-3H3. The average Bonchev–Trinajstić information content (AvgIpc) is 2.89. The molecule has 102 valence electrons. The van der Waals surface area contributed by atoms with Crippen LogP contribution in [-0.4, -0.2) is 16.8 Å². The molecule has 3 heteroatoms. The fraction of sp³-hybridized carbons (Fsp3) is 0.438. The van der Waals surface area contributed by atoms with Crippen molar-refractivity contribution in [3.05, 3.63) is 53.3 Å². The number of hydrogen-bond acceptors (Lipinski definition) is 2. The van der Waals surface area contributed by atoms with E-state index in [4.69, 9.17) is 0 Å². The van der Waals surface area contributed by atoms with Crippen LogP contribution in [0.3, 0.4) is 0 Å². The summed E-state index contributed by atoms with van der Waals surface area (Å²) in [6, 6.07) is 9.17. The molecule has 0 saturated heterocycles. The Morgan fingerprint density at radius 1 is 1.16 bits per heavy atom. The quantitative estimate of drug-likeness (QED) is 0.861. The van der Waals surface area contributed by atoms with Crippen LogP contribution in [0.15, 0.2) is 36.7 Å². The van der Waals surface area contributed by atoms with Crippen LogP contribution in [0, 0.1) is 0 Å². The lowest BCUT2D eigenvalue weighted by Gasteiger charge is -2.10. The molecule has 0 amide bonds. The van der Waals surface area contributed by atoms with E-state index in [1.165, 1.54) is 16.7 Å². The molecule has 0 aliphatic heterocycles. The second-order valence-electron chi connectivity index (χ2n) is 4.89. The van der Waals surface area contributed by atoms with Gasteiger partial charge in [-0.25, -0.2) is 0 Å². The van der Waals surface area contributed by atoms with Crippen LogP contribution in [0.4, 0.5) is 0 Å². The third kappa shape index (κ3) is 3.44. The Hall–Kier alpha value is -1.61. The van der Waals surface area contributed by atoms with Gasteiger partial charge in [-0.05, 0) is 31.0 Å². The van der Waals surface area contributed by atoms with Crippen LogP contribution < -0.4 is 5.32 Å². The van der Waals surface area contributed by atoms with Crippen molar-refractivity contribution < 1.29 is 0 Å². The molecule has 0 spiro atoms. The number of nitrogens with zero attached hydrogens (tertiary/aromatic N) is 2. The van der Waals surface area contributed by atoms with Crippen LogP contribution in [-0.2, 0) is 13.0 Å². The summed E-state index contributed by atoms with van der Waals surface area (Å²) in [6.45, 7) is 5.20. The first-order valence-electron chi connectivity index (χ1n) is 7.04. The van der Waals surface area contributed by atoms with Gasteiger partial charge in [0.2, 0.25) is 0 Å². The molecule has 0 radical (unpaired) electrons. The van der Waals surface area contributed by atoms with Gasteiger partial charge in [0.1, 0.15) is 0 Å². The van der Waals surface area contributed by atoms with Gasteiger partial charge in [-0.15, -0.1) is 0 Å². The molecular formula is C16H23N3. The molecule has 19 heavy (non-hydrogen) atoms. The highest BCUT2D eigenvalue weighted by Gasteiger charge is 2.08. The van der Waals surface area contributed by atoms with Gasteiger partial charge >= 0.3 is 0 Å². The Morgan fingerprint density at radius 3 is 2.42 bits per heavy atom. The Kier molecular flexibility index (Phi) is 4.74. The summed E-state index contributed by atoms with van der Waals surface area (Å²) in [6.07, 6.45) is 6.27. The summed E-state index contributed by atoms with van der Waals surface area (Å²) >= 11 is 0. The molecule has 1 aromatic carbocycles. The Morgan fingerprint density at radius 2 is 1.84 bits per heavy atom. The summed E-state index contributed by atoms with van der Waals surface area (Å²) in [4.78, 5) is 0. The Balaban J connectivity index is 2.06.